The first-order valence-electron chi connectivity index (χ1n) is 3.99. The molecule has 0 spiro atoms. The van der Waals surface area contributed by atoms with E-state index >= 15 is 0 Å². The first kappa shape index (κ1) is 10.2. The van der Waals surface area contributed by atoms with Crippen LogP contribution in [0.1, 0.15) is 13.3 Å². The van der Waals surface area contributed by atoms with Crippen LogP contribution in [0.5, 0.6) is 0 Å². The number of aliphatic hydroxyl groups excluding tert-OH is 1. The third-order valence-electron chi connectivity index (χ3n) is 1.61. The smallest absolute Gasteiger partial charge is 0.347 e. The number of aryl methyl sites for hydroxylation is 1. The van der Waals surface area contributed by atoms with Gasteiger partial charge >= 0.3 is 5.69 Å². The molecule has 0 aliphatic carbocycles. The molecule has 13 heavy (non-hydrogen) atoms. The second-order valence-corrected chi connectivity index (χ2v) is 3.32. The van der Waals surface area contributed by atoms with Crippen molar-refractivity contribution in [1.29, 1.82) is 0 Å². The van der Waals surface area contributed by atoms with Crippen molar-refractivity contribution in [2.75, 3.05) is 0 Å². The molecule has 1 aromatic heterocycles. The molecule has 0 bridgehead atoms. The fraction of sp³-hybridized carbons (Fsp3) is 0.500. The minimum atomic E-state index is -0.425. The number of hydrogen-bond acceptors (Lipinski definition) is 3. The van der Waals surface area contributed by atoms with Gasteiger partial charge in [-0.05, 0) is 13.3 Å². The SMILES string of the molecule is CC(O)CCn1cc(Cl)cnc1=O. The summed E-state index contributed by atoms with van der Waals surface area (Å²) in [5, 5.41) is 9.43. The molecule has 1 heterocycles. The molecule has 1 atom stereocenters. The second kappa shape index (κ2) is 4.39. The van der Waals surface area contributed by atoms with Crippen molar-refractivity contribution in [2.45, 2.75) is 26.0 Å². The van der Waals surface area contributed by atoms with E-state index in [1.807, 2.05) is 0 Å². The number of nitrogens with zero attached hydrogens (tertiary/aromatic N) is 2. The molecule has 0 saturated heterocycles. The van der Waals surface area contributed by atoms with Crippen molar-refractivity contribution in [1.82, 2.24) is 9.55 Å². The van der Waals surface area contributed by atoms with E-state index in [4.69, 9.17) is 16.7 Å². The third-order valence-corrected chi connectivity index (χ3v) is 1.81. The lowest BCUT2D eigenvalue weighted by Crippen LogP contribution is -2.23. The van der Waals surface area contributed by atoms with Gasteiger partial charge in [0.05, 0.1) is 17.3 Å². The van der Waals surface area contributed by atoms with Crippen LogP contribution in [0.2, 0.25) is 5.02 Å². The molecule has 5 heteroatoms. The normalized spacial score (nSPS) is 12.8. The van der Waals surface area contributed by atoms with E-state index in [0.29, 0.717) is 18.0 Å². The molecule has 72 valence electrons. The standard InChI is InChI=1S/C8H11ClN2O2/c1-6(12)2-3-11-5-7(9)4-10-8(11)13/h4-6,12H,2-3H2,1H3. The maximum absolute atomic E-state index is 11.1. The minimum Gasteiger partial charge on any atom is -0.393 e. The first-order chi connectivity index (χ1) is 6.09. The average Bonchev–Trinajstić information content (AvgIpc) is 2.06. The van der Waals surface area contributed by atoms with E-state index in [-0.39, 0.29) is 5.69 Å². The average molecular weight is 203 g/mol. The van der Waals surface area contributed by atoms with Crippen LogP contribution in [0.4, 0.5) is 0 Å². The highest BCUT2D eigenvalue weighted by molar-refractivity contribution is 6.30. The van der Waals surface area contributed by atoms with Crippen LogP contribution in [-0.4, -0.2) is 20.8 Å². The summed E-state index contributed by atoms with van der Waals surface area (Å²) in [6, 6.07) is 0. The molecular weight excluding hydrogens is 192 g/mol. The van der Waals surface area contributed by atoms with Gasteiger partial charge in [0, 0.05) is 12.7 Å². The second-order valence-electron chi connectivity index (χ2n) is 2.89. The number of halogens is 1. The molecule has 0 aliphatic rings. The van der Waals surface area contributed by atoms with Gasteiger partial charge in [0.2, 0.25) is 0 Å². The maximum atomic E-state index is 11.1. The molecule has 4 nitrogen and oxygen atoms in total. The molecule has 1 aromatic rings. The first-order valence-corrected chi connectivity index (χ1v) is 4.37. The van der Waals surface area contributed by atoms with Gasteiger partial charge in [0.1, 0.15) is 0 Å². The molecule has 0 amide bonds. The number of aromatic nitrogens is 2. The Kier molecular flexibility index (Phi) is 3.45. The Labute approximate surface area is 80.8 Å². The van der Waals surface area contributed by atoms with Crippen LogP contribution in [0.15, 0.2) is 17.2 Å². The van der Waals surface area contributed by atoms with Crippen LogP contribution >= 0.6 is 11.6 Å². The zero-order chi connectivity index (χ0) is 9.84. The summed E-state index contributed by atoms with van der Waals surface area (Å²) in [7, 11) is 0. The zero-order valence-electron chi connectivity index (χ0n) is 7.27. The van der Waals surface area contributed by atoms with Gasteiger partial charge in [-0.3, -0.25) is 4.57 Å². The van der Waals surface area contributed by atoms with E-state index in [1.54, 1.807) is 6.92 Å². The van der Waals surface area contributed by atoms with Gasteiger partial charge in [0.15, 0.2) is 0 Å². The predicted octanol–water partition coefficient (Wildman–Crippen LogP) is 0.668. The van der Waals surface area contributed by atoms with E-state index in [1.165, 1.54) is 17.0 Å². The van der Waals surface area contributed by atoms with Gasteiger partial charge in [-0.1, -0.05) is 11.6 Å². The zero-order valence-corrected chi connectivity index (χ0v) is 8.03. The Morgan fingerprint density at radius 3 is 3.08 bits per heavy atom. The maximum Gasteiger partial charge on any atom is 0.347 e. The van der Waals surface area contributed by atoms with Crippen LogP contribution in [0.25, 0.3) is 0 Å². The minimum absolute atomic E-state index is 0.343. The monoisotopic (exact) mass is 202 g/mol. The van der Waals surface area contributed by atoms with Crippen LogP contribution in [-0.2, 0) is 6.54 Å². The van der Waals surface area contributed by atoms with Gasteiger partial charge < -0.3 is 5.11 Å². The van der Waals surface area contributed by atoms with Crippen LogP contribution < -0.4 is 5.69 Å². The van der Waals surface area contributed by atoms with Crippen molar-refractivity contribution in [3.8, 4) is 0 Å². The molecule has 1 rings (SSSR count). The highest BCUT2D eigenvalue weighted by Gasteiger charge is 2.00. The van der Waals surface area contributed by atoms with E-state index < -0.39 is 6.10 Å². The molecule has 1 unspecified atom stereocenters. The molecule has 1 N–H and O–H groups in total. The largest absolute Gasteiger partial charge is 0.393 e. The summed E-state index contributed by atoms with van der Waals surface area (Å²) in [4.78, 5) is 14.6. The summed E-state index contributed by atoms with van der Waals surface area (Å²) < 4.78 is 1.38. The van der Waals surface area contributed by atoms with Crippen molar-refractivity contribution in [2.24, 2.45) is 0 Å². The number of hydrogen-bond donors (Lipinski definition) is 1. The predicted molar refractivity (Wildman–Crippen MR) is 49.8 cm³/mol. The van der Waals surface area contributed by atoms with Gasteiger partial charge in [-0.2, -0.15) is 0 Å². The summed E-state index contributed by atoms with van der Waals surface area (Å²) in [6.45, 7) is 2.10. The fourth-order valence-corrected chi connectivity index (χ4v) is 1.08. The number of aliphatic hydroxyl groups is 1. The third kappa shape index (κ3) is 3.16. The van der Waals surface area contributed by atoms with Gasteiger partial charge in [-0.25, -0.2) is 9.78 Å². The van der Waals surface area contributed by atoms with Crippen LogP contribution in [0.3, 0.4) is 0 Å². The van der Waals surface area contributed by atoms with Crippen molar-refractivity contribution in [3.63, 3.8) is 0 Å². The highest BCUT2D eigenvalue weighted by atomic mass is 35.5. The van der Waals surface area contributed by atoms with Gasteiger partial charge in [0.25, 0.3) is 0 Å². The molecule has 0 aliphatic heterocycles. The lowest BCUT2D eigenvalue weighted by atomic mass is 10.3. The molecule has 0 saturated carbocycles. The summed E-state index contributed by atoms with van der Waals surface area (Å²) >= 11 is 5.65. The Balaban J connectivity index is 2.76. The molecule has 0 fully saturated rings. The summed E-state index contributed by atoms with van der Waals surface area (Å²) in [6.07, 6.45) is 2.91. The lowest BCUT2D eigenvalue weighted by molar-refractivity contribution is 0.177. The highest BCUT2D eigenvalue weighted by Crippen LogP contribution is 2.02. The Bertz CT molecular complexity index is 335. The molecule has 0 radical (unpaired) electrons. The quantitative estimate of drug-likeness (QED) is 0.784. The Morgan fingerprint density at radius 1 is 1.77 bits per heavy atom. The molecular formula is C8H11ClN2O2. The topological polar surface area (TPSA) is 55.1 Å². The lowest BCUT2D eigenvalue weighted by Gasteiger charge is -2.06. The Hall–Kier alpha value is -0.870. The summed E-state index contributed by atoms with van der Waals surface area (Å²) in [5.41, 5.74) is -0.343. The fourth-order valence-electron chi connectivity index (χ4n) is 0.915. The Morgan fingerprint density at radius 2 is 2.46 bits per heavy atom. The van der Waals surface area contributed by atoms with E-state index in [9.17, 15) is 4.79 Å². The van der Waals surface area contributed by atoms with Crippen molar-refractivity contribution in [3.05, 3.63) is 27.9 Å². The van der Waals surface area contributed by atoms with Crippen molar-refractivity contribution >= 4 is 11.6 Å². The van der Waals surface area contributed by atoms with E-state index in [0.717, 1.165) is 0 Å². The molecule has 0 aromatic carbocycles. The number of rotatable bonds is 3. The van der Waals surface area contributed by atoms with E-state index in [2.05, 4.69) is 4.98 Å². The van der Waals surface area contributed by atoms with Crippen molar-refractivity contribution < 1.29 is 5.11 Å². The van der Waals surface area contributed by atoms with Gasteiger partial charge in [-0.15, -0.1) is 0 Å². The summed E-state index contributed by atoms with van der Waals surface area (Å²) in [5.74, 6) is 0. The van der Waals surface area contributed by atoms with Crippen LogP contribution in [0, 0.1) is 0 Å².